The van der Waals surface area contributed by atoms with Crippen LogP contribution in [0.2, 0.25) is 5.15 Å². The van der Waals surface area contributed by atoms with Gasteiger partial charge in [0.2, 0.25) is 10.0 Å². The Kier molecular flexibility index (Phi) is 9.60. The number of H-pyrrole nitrogens is 1. The summed E-state index contributed by atoms with van der Waals surface area (Å²) in [5.41, 5.74) is 3.78. The molecule has 10 nitrogen and oxygen atoms in total. The lowest BCUT2D eigenvalue weighted by atomic mass is 9.97. The molecule has 2 N–H and O–H groups in total. The van der Waals surface area contributed by atoms with Crippen LogP contribution in [0.3, 0.4) is 0 Å². The van der Waals surface area contributed by atoms with Gasteiger partial charge in [0.15, 0.2) is 5.78 Å². The van der Waals surface area contributed by atoms with E-state index in [4.69, 9.17) is 11.6 Å². The first-order chi connectivity index (χ1) is 22.2. The van der Waals surface area contributed by atoms with E-state index in [2.05, 4.69) is 29.9 Å². The standard InChI is InChI=1S/C33H35ClFN7O3S/c1-2-4-30(43)32-31(27-19-24(35)8-11-28(27)38-32)29-21-42(40-39-29)20-22-12-16-41(17-13-22)18-15-37-46(44,45)25-9-6-23(7-10-25)26-5-3-14-36-33(26)34/h3,5-11,14,19,21-22,37-38H,2,4,12-13,15-18,20H2,1H3. The molecule has 0 unspecified atom stereocenters. The van der Waals surface area contributed by atoms with E-state index in [-0.39, 0.29) is 16.5 Å². The molecule has 1 fully saturated rings. The zero-order valence-electron chi connectivity index (χ0n) is 25.4. The molecule has 13 heteroatoms. The SMILES string of the molecule is CCCC(=O)c1[nH]c2ccc(F)cc2c1-c1cn(CC2CCN(CCNS(=O)(=O)c3ccc(-c4cccnc4Cl)cc3)CC2)nn1. The summed E-state index contributed by atoms with van der Waals surface area (Å²) >= 11 is 6.17. The third-order valence-electron chi connectivity index (χ3n) is 8.42. The number of aromatic amines is 1. The van der Waals surface area contributed by atoms with Crippen LogP contribution in [0.15, 0.2) is 71.9 Å². The van der Waals surface area contributed by atoms with Crippen molar-refractivity contribution in [2.75, 3.05) is 26.2 Å². The molecule has 2 aromatic carbocycles. The zero-order chi connectivity index (χ0) is 32.3. The number of fused-ring (bicyclic) bond motifs is 1. The molecule has 46 heavy (non-hydrogen) atoms. The number of pyridine rings is 1. The Bertz CT molecular complexity index is 1950. The van der Waals surface area contributed by atoms with Gasteiger partial charge in [-0.25, -0.2) is 22.5 Å². The van der Waals surface area contributed by atoms with Crippen molar-refractivity contribution < 1.29 is 17.6 Å². The van der Waals surface area contributed by atoms with Crippen molar-refractivity contribution in [2.45, 2.75) is 44.0 Å². The topological polar surface area (TPSA) is 126 Å². The van der Waals surface area contributed by atoms with Gasteiger partial charge in [-0.2, -0.15) is 0 Å². The minimum absolute atomic E-state index is 0.0394. The van der Waals surface area contributed by atoms with E-state index in [9.17, 15) is 17.6 Å². The summed E-state index contributed by atoms with van der Waals surface area (Å²) in [5, 5.41) is 9.69. The second-order valence-electron chi connectivity index (χ2n) is 11.6. The van der Waals surface area contributed by atoms with Gasteiger partial charge in [0.25, 0.3) is 0 Å². The average molecular weight is 664 g/mol. The Hall–Kier alpha value is -3.97. The first kappa shape index (κ1) is 32.0. The van der Waals surface area contributed by atoms with E-state index in [0.29, 0.717) is 71.4 Å². The molecular weight excluding hydrogens is 629 g/mol. The number of nitrogens with zero attached hydrogens (tertiary/aromatic N) is 5. The second-order valence-corrected chi connectivity index (χ2v) is 13.7. The van der Waals surface area contributed by atoms with Crippen LogP contribution < -0.4 is 4.72 Å². The van der Waals surface area contributed by atoms with E-state index in [0.717, 1.165) is 37.1 Å². The van der Waals surface area contributed by atoms with Gasteiger partial charge in [0.05, 0.1) is 16.8 Å². The predicted molar refractivity (Wildman–Crippen MR) is 176 cm³/mol. The van der Waals surface area contributed by atoms with Gasteiger partial charge in [-0.15, -0.1) is 5.10 Å². The number of likely N-dealkylation sites (tertiary alicyclic amines) is 1. The number of sulfonamides is 1. The Labute approximate surface area is 272 Å². The number of Topliss-reactive ketones (excluding diaryl/α,β-unsaturated/α-hetero) is 1. The third-order valence-corrected chi connectivity index (χ3v) is 10.2. The molecule has 6 rings (SSSR count). The van der Waals surface area contributed by atoms with Gasteiger partial charge < -0.3 is 9.88 Å². The number of carbonyl (C=O) groups is 1. The van der Waals surface area contributed by atoms with Gasteiger partial charge in [0, 0.05) is 54.3 Å². The number of aromatic nitrogens is 5. The Morgan fingerprint density at radius 3 is 2.65 bits per heavy atom. The first-order valence-electron chi connectivity index (χ1n) is 15.4. The first-order valence-corrected chi connectivity index (χ1v) is 17.3. The highest BCUT2D eigenvalue weighted by Crippen LogP contribution is 2.33. The summed E-state index contributed by atoms with van der Waals surface area (Å²) in [4.78, 5) is 22.6. The predicted octanol–water partition coefficient (Wildman–Crippen LogP) is 5.95. The molecule has 0 amide bonds. The van der Waals surface area contributed by atoms with Crippen molar-refractivity contribution in [1.82, 2.24) is 34.6 Å². The van der Waals surface area contributed by atoms with Gasteiger partial charge >= 0.3 is 0 Å². The van der Waals surface area contributed by atoms with E-state index < -0.39 is 10.0 Å². The lowest BCUT2D eigenvalue weighted by molar-refractivity contribution is 0.0978. The monoisotopic (exact) mass is 663 g/mol. The number of rotatable bonds is 12. The number of hydrogen-bond acceptors (Lipinski definition) is 7. The zero-order valence-corrected chi connectivity index (χ0v) is 27.0. The minimum atomic E-state index is -3.65. The van der Waals surface area contributed by atoms with Gasteiger partial charge in [-0.1, -0.05) is 35.9 Å². The number of halogens is 2. The molecule has 0 saturated carbocycles. The summed E-state index contributed by atoms with van der Waals surface area (Å²) in [5.74, 6) is -0.0475. The Morgan fingerprint density at radius 2 is 1.91 bits per heavy atom. The van der Waals surface area contributed by atoms with Crippen LogP contribution in [0.5, 0.6) is 0 Å². The van der Waals surface area contributed by atoms with Crippen molar-refractivity contribution in [3.8, 4) is 22.4 Å². The maximum absolute atomic E-state index is 14.1. The van der Waals surface area contributed by atoms with Crippen LogP contribution >= 0.6 is 11.6 Å². The highest BCUT2D eigenvalue weighted by Gasteiger charge is 2.24. The smallest absolute Gasteiger partial charge is 0.240 e. The number of hydrogen-bond donors (Lipinski definition) is 2. The van der Waals surface area contributed by atoms with Crippen LogP contribution in [-0.4, -0.2) is 70.2 Å². The molecule has 4 heterocycles. The minimum Gasteiger partial charge on any atom is -0.352 e. The number of benzene rings is 2. The van der Waals surface area contributed by atoms with E-state index in [1.54, 1.807) is 47.3 Å². The van der Waals surface area contributed by atoms with Crippen LogP contribution in [-0.2, 0) is 16.6 Å². The number of carbonyl (C=O) groups excluding carboxylic acids is 1. The molecule has 240 valence electrons. The van der Waals surface area contributed by atoms with Gasteiger partial charge in [0.1, 0.15) is 16.7 Å². The van der Waals surface area contributed by atoms with Gasteiger partial charge in [-0.05, 0) is 86.3 Å². The quantitative estimate of drug-likeness (QED) is 0.125. The van der Waals surface area contributed by atoms with Crippen molar-refractivity contribution in [2.24, 2.45) is 5.92 Å². The fourth-order valence-corrected chi connectivity index (χ4v) is 7.24. The Morgan fingerprint density at radius 1 is 1.13 bits per heavy atom. The summed E-state index contributed by atoms with van der Waals surface area (Å²) in [6.07, 6.45) is 6.38. The lowest BCUT2D eigenvalue weighted by Gasteiger charge is -2.31. The summed E-state index contributed by atoms with van der Waals surface area (Å²) in [6.45, 7) is 5.20. The Balaban J connectivity index is 1.02. The molecule has 1 aliphatic rings. The molecule has 0 aliphatic carbocycles. The fourth-order valence-electron chi connectivity index (χ4n) is 5.99. The maximum Gasteiger partial charge on any atom is 0.240 e. The van der Waals surface area contributed by atoms with Crippen molar-refractivity contribution in [3.05, 3.63) is 83.7 Å². The second kappa shape index (κ2) is 13.8. The fraction of sp³-hybridized carbons (Fsp3) is 0.333. The van der Waals surface area contributed by atoms with Crippen LogP contribution in [0.4, 0.5) is 4.39 Å². The van der Waals surface area contributed by atoms with Crippen molar-refractivity contribution >= 4 is 38.3 Å². The molecule has 3 aromatic heterocycles. The van der Waals surface area contributed by atoms with E-state index >= 15 is 0 Å². The highest BCUT2D eigenvalue weighted by molar-refractivity contribution is 7.89. The van der Waals surface area contributed by atoms with Crippen LogP contribution in [0.25, 0.3) is 33.3 Å². The molecule has 0 radical (unpaired) electrons. The molecule has 0 spiro atoms. The molecule has 1 saturated heterocycles. The summed E-state index contributed by atoms with van der Waals surface area (Å²) in [7, 11) is -3.65. The number of piperidine rings is 1. The summed E-state index contributed by atoms with van der Waals surface area (Å²) < 4.78 is 44.4. The van der Waals surface area contributed by atoms with Crippen LogP contribution in [0, 0.1) is 11.7 Å². The molecule has 0 bridgehead atoms. The molecule has 1 aliphatic heterocycles. The molecule has 5 aromatic rings. The molecule has 0 atom stereocenters. The number of ketones is 1. The van der Waals surface area contributed by atoms with Crippen LogP contribution in [0.1, 0.15) is 43.1 Å². The highest BCUT2D eigenvalue weighted by atomic mass is 35.5. The number of nitrogens with one attached hydrogen (secondary N) is 2. The third kappa shape index (κ3) is 7.05. The molecular formula is C33H35ClFN7O3S. The maximum atomic E-state index is 14.1. The summed E-state index contributed by atoms with van der Waals surface area (Å²) in [6, 6.07) is 14.7. The van der Waals surface area contributed by atoms with Crippen molar-refractivity contribution in [3.63, 3.8) is 0 Å². The lowest BCUT2D eigenvalue weighted by Crippen LogP contribution is -2.40. The van der Waals surface area contributed by atoms with Crippen molar-refractivity contribution in [1.29, 1.82) is 0 Å². The van der Waals surface area contributed by atoms with Gasteiger partial charge in [-0.3, -0.25) is 9.48 Å². The normalized spacial score (nSPS) is 14.7. The van der Waals surface area contributed by atoms with E-state index in [1.165, 1.54) is 12.1 Å². The average Bonchev–Trinajstić information content (AvgIpc) is 3.66. The largest absolute Gasteiger partial charge is 0.352 e. The van der Waals surface area contributed by atoms with E-state index in [1.807, 2.05) is 19.2 Å².